The van der Waals surface area contributed by atoms with Gasteiger partial charge in [-0.3, -0.25) is 0 Å². The van der Waals surface area contributed by atoms with Crippen LogP contribution in [0, 0.1) is 110 Å². The molecule has 9 rings (SSSR count). The van der Waals surface area contributed by atoms with Gasteiger partial charge in [-0.2, -0.15) is 0 Å². The van der Waals surface area contributed by atoms with E-state index in [2.05, 4.69) is 219 Å². The number of benzene rings is 9. The molecule has 370 valence electrons. The fourth-order valence-electron chi connectivity index (χ4n) is 6.43. The van der Waals surface area contributed by atoms with Gasteiger partial charge in [0.15, 0.2) is 0 Å². The minimum atomic E-state index is 0.961. The highest BCUT2D eigenvalue weighted by molar-refractivity contribution is 5.82. The molecule has 0 saturated carbocycles. The lowest BCUT2D eigenvalue weighted by atomic mass is 10.1. The van der Waals surface area contributed by atoms with Crippen molar-refractivity contribution in [1.82, 2.24) is 0 Å². The summed E-state index contributed by atoms with van der Waals surface area (Å²) >= 11 is 0. The van der Waals surface area contributed by atoms with Crippen LogP contribution in [0.4, 0.5) is 0 Å². The van der Waals surface area contributed by atoms with E-state index < -0.39 is 0 Å². The molecule has 0 amide bonds. The molecule has 0 atom stereocenters. The van der Waals surface area contributed by atoms with Gasteiger partial charge in [0.1, 0.15) is 0 Å². The van der Waals surface area contributed by atoms with Crippen LogP contribution < -0.4 is 0 Å². The lowest BCUT2D eigenvalue weighted by Gasteiger charge is -1.98. The number of hydrogen-bond donors (Lipinski definition) is 0. The zero-order valence-electron chi connectivity index (χ0n) is 45.9. The van der Waals surface area contributed by atoms with Gasteiger partial charge in [0.2, 0.25) is 0 Å². The van der Waals surface area contributed by atoms with Crippen LogP contribution in [0.5, 0.6) is 0 Å². The molecule has 0 nitrogen and oxygen atoms in total. The number of fused-ring (bicyclic) bond motifs is 1. The summed E-state index contributed by atoms with van der Waals surface area (Å²) in [6, 6.07) is 72.0. The van der Waals surface area contributed by atoms with Crippen LogP contribution in [0.2, 0.25) is 0 Å². The van der Waals surface area contributed by atoms with Gasteiger partial charge in [-0.1, -0.05) is 193 Å². The molecule has 0 aliphatic heterocycles. The Labute approximate surface area is 447 Å². The van der Waals surface area contributed by atoms with Gasteiger partial charge in [0.05, 0.1) is 0 Å². The minimum absolute atomic E-state index is 0.961. The second-order valence-electron chi connectivity index (χ2n) is 17.6. The van der Waals surface area contributed by atoms with Crippen molar-refractivity contribution in [2.45, 2.75) is 83.1 Å². The van der Waals surface area contributed by atoms with Gasteiger partial charge < -0.3 is 0 Å². The first-order valence-electron chi connectivity index (χ1n) is 25.1. The largest absolute Gasteiger partial charge is 0.115 e. The highest BCUT2D eigenvalue weighted by Crippen LogP contribution is 2.13. The summed E-state index contributed by atoms with van der Waals surface area (Å²) in [5, 5.41) is 2.62. The summed E-state index contributed by atoms with van der Waals surface area (Å²) < 4.78 is 0. The van der Waals surface area contributed by atoms with Gasteiger partial charge in [-0.25, -0.2) is 0 Å². The quantitative estimate of drug-likeness (QED) is 0.105. The Balaban J connectivity index is 0.000000235. The zero-order valence-corrected chi connectivity index (χ0v) is 45.9. The van der Waals surface area contributed by atoms with E-state index in [1.807, 2.05) is 130 Å². The summed E-state index contributed by atoms with van der Waals surface area (Å²) in [5.74, 6) is 21.2. The fraction of sp³-hybridized carbons (Fsp3) is 0.162. The summed E-state index contributed by atoms with van der Waals surface area (Å²) in [4.78, 5) is 0. The molecule has 9 aromatic carbocycles. The van der Waals surface area contributed by atoms with Gasteiger partial charge in [0, 0.05) is 33.4 Å². The van der Waals surface area contributed by atoms with Crippen molar-refractivity contribution in [1.29, 1.82) is 0 Å². The van der Waals surface area contributed by atoms with Crippen LogP contribution in [0.1, 0.15) is 104 Å². The topological polar surface area (TPSA) is 0 Å². The Morgan fingerprint density at radius 2 is 0.554 bits per heavy atom. The molecule has 9 aromatic rings. The summed E-state index contributed by atoms with van der Waals surface area (Å²) in [5.41, 5.74) is 18.0. The molecule has 0 aromatic heterocycles. The lowest BCUT2D eigenvalue weighted by molar-refractivity contribution is 1.33. The molecule has 0 heteroatoms. The summed E-state index contributed by atoms with van der Waals surface area (Å²) in [6.45, 7) is 24.8. The first kappa shape index (κ1) is 59.5. The Morgan fingerprint density at radius 3 is 0.824 bits per heavy atom. The average Bonchev–Trinajstić information content (AvgIpc) is 3.43. The number of allylic oxidation sites excluding steroid dienone is 2. The summed E-state index contributed by atoms with van der Waals surface area (Å²) in [7, 11) is 0. The van der Waals surface area contributed by atoms with E-state index >= 15 is 0 Å². The maximum atomic E-state index is 5.22. The molecule has 0 saturated heterocycles. The maximum Gasteiger partial charge on any atom is 0.0251 e. The molecular formula is C74H74. The zero-order chi connectivity index (χ0) is 53.9. The molecular weight excluding hydrogens is 889 g/mol. The van der Waals surface area contributed by atoms with Crippen LogP contribution in [0.15, 0.2) is 224 Å². The number of aryl methyl sites for hydroxylation is 9. The monoisotopic (exact) mass is 963 g/mol. The van der Waals surface area contributed by atoms with Crippen molar-refractivity contribution in [2.75, 3.05) is 0 Å². The SMILES string of the molecule is C#Cc1ccc(C)c(C)c1.C/C=C\C.CC#Cc1ccc(C)c(C)c1.Cc1ccc(C#Cc2ccccc2)cc1C.Cc1ccc(C#Cc2ccccc2)cc1C.Cc1ccccc1.c1ccc2ccccc2c1. The normalized spacial score (nSPS) is 9.23. The lowest BCUT2D eigenvalue weighted by Crippen LogP contribution is -1.82. The van der Waals surface area contributed by atoms with E-state index in [1.54, 1.807) is 0 Å². The highest BCUT2D eigenvalue weighted by atomic mass is 14.0. The minimum Gasteiger partial charge on any atom is -0.115 e. The molecule has 0 bridgehead atoms. The predicted molar refractivity (Wildman–Crippen MR) is 325 cm³/mol. The van der Waals surface area contributed by atoms with E-state index in [-0.39, 0.29) is 0 Å². The van der Waals surface area contributed by atoms with Crippen LogP contribution in [-0.2, 0) is 0 Å². The smallest absolute Gasteiger partial charge is 0.0251 e. The maximum absolute atomic E-state index is 5.22. The average molecular weight is 963 g/mol. The van der Waals surface area contributed by atoms with Crippen molar-refractivity contribution in [3.05, 3.63) is 308 Å². The van der Waals surface area contributed by atoms with Gasteiger partial charge >= 0.3 is 0 Å². The van der Waals surface area contributed by atoms with Crippen molar-refractivity contribution in [3.8, 4) is 47.9 Å². The second kappa shape index (κ2) is 34.5. The van der Waals surface area contributed by atoms with E-state index in [0.29, 0.717) is 0 Å². The Kier molecular flexibility index (Phi) is 27.8. The predicted octanol–water partition coefficient (Wildman–Crippen LogP) is 18.8. The first-order chi connectivity index (χ1) is 35.8. The van der Waals surface area contributed by atoms with Crippen molar-refractivity contribution in [2.24, 2.45) is 0 Å². The summed E-state index contributed by atoms with van der Waals surface area (Å²) in [6.07, 6.45) is 9.22. The molecule has 0 radical (unpaired) electrons. The van der Waals surface area contributed by atoms with Crippen LogP contribution in [0.25, 0.3) is 10.8 Å². The number of hydrogen-bond acceptors (Lipinski definition) is 0. The molecule has 0 N–H and O–H groups in total. The van der Waals surface area contributed by atoms with Crippen molar-refractivity contribution >= 4 is 10.8 Å². The van der Waals surface area contributed by atoms with Crippen LogP contribution in [-0.4, -0.2) is 0 Å². The molecule has 0 aliphatic carbocycles. The number of rotatable bonds is 0. The first-order valence-corrected chi connectivity index (χ1v) is 25.1. The molecule has 0 spiro atoms. The van der Waals surface area contributed by atoms with Gasteiger partial charge in [-0.15, -0.1) is 12.3 Å². The third-order valence-corrected chi connectivity index (χ3v) is 11.6. The second-order valence-corrected chi connectivity index (χ2v) is 17.6. The Bertz CT molecular complexity index is 3170. The molecule has 0 aliphatic rings. The van der Waals surface area contributed by atoms with Crippen LogP contribution in [0.3, 0.4) is 0 Å². The van der Waals surface area contributed by atoms with Crippen LogP contribution >= 0.6 is 0 Å². The fourth-order valence-corrected chi connectivity index (χ4v) is 6.43. The van der Waals surface area contributed by atoms with E-state index in [1.165, 1.54) is 60.8 Å². The molecule has 74 heavy (non-hydrogen) atoms. The third-order valence-electron chi connectivity index (χ3n) is 11.6. The van der Waals surface area contributed by atoms with Crippen molar-refractivity contribution in [3.63, 3.8) is 0 Å². The van der Waals surface area contributed by atoms with E-state index in [4.69, 9.17) is 6.42 Å². The van der Waals surface area contributed by atoms with Gasteiger partial charge in [-0.05, 0) is 211 Å². The molecule has 0 fully saturated rings. The van der Waals surface area contributed by atoms with E-state index in [0.717, 1.165) is 33.4 Å². The highest BCUT2D eigenvalue weighted by Gasteiger charge is 1.95. The van der Waals surface area contributed by atoms with Crippen molar-refractivity contribution < 1.29 is 0 Å². The van der Waals surface area contributed by atoms with E-state index in [9.17, 15) is 0 Å². The third kappa shape index (κ3) is 23.9. The molecule has 0 unspecified atom stereocenters. The Hall–Kier alpha value is -8.78. The number of terminal acetylenes is 1. The molecule has 0 heterocycles. The van der Waals surface area contributed by atoms with Gasteiger partial charge in [0.25, 0.3) is 0 Å². The Morgan fingerprint density at radius 1 is 0.284 bits per heavy atom. The standard InChI is InChI=1S/2C16H14.C11H12.C10H8.C10H10.C7H8.C4H8/c2*1-13-8-9-16(12-14(13)2)11-10-15-6-4-3-5-7-15;1-4-5-11-7-6-9(2)10(3)8-11;1-2-6-10-8-4-3-7-9(10)5-1;1-4-10-6-5-8(2)9(3)7-10;1-7-5-3-2-4-6-7;1-3-4-2/h2*3-9,12H,1-2H3;6-8H,1-3H3;1-8H;1,5-7H,2-3H3;2-6H,1H3;3-4H,1-2H3/b;;;;;;4-3-.